The van der Waals surface area contributed by atoms with Crippen molar-refractivity contribution in [2.24, 2.45) is 0 Å². The van der Waals surface area contributed by atoms with Crippen LogP contribution in [0.1, 0.15) is 464 Å². The molecule has 0 N–H and O–H groups in total. The number of hydrogen-bond acceptors (Lipinski definition) is 3. The van der Waals surface area contributed by atoms with E-state index in [0.29, 0.717) is 0 Å². The second-order valence-electron chi connectivity index (χ2n) is 46.2. The van der Waals surface area contributed by atoms with Crippen LogP contribution in [0.25, 0.3) is 122 Å². The lowest BCUT2D eigenvalue weighted by Crippen LogP contribution is -2.27. The molecule has 3 heteroatoms. The Labute approximate surface area is 863 Å². The molecule has 5 aliphatic rings. The molecule has 143 heavy (non-hydrogen) atoms. The number of hydrogen-bond donors (Lipinski definition) is 0. The number of nitrogens with zero attached hydrogens (tertiary/aromatic N) is 1. The van der Waals surface area contributed by atoms with Crippen molar-refractivity contribution in [3.8, 4) is 77.9 Å². The average Bonchev–Trinajstić information content (AvgIpc) is 1.50. The summed E-state index contributed by atoms with van der Waals surface area (Å²) in [7, 11) is 0. The lowest BCUT2D eigenvalue weighted by Gasteiger charge is -2.36. The average molecular weight is 1900 g/mol. The minimum absolute atomic E-state index is 0.0217. The molecular weight excluding hydrogens is 1730 g/mol. The van der Waals surface area contributed by atoms with Gasteiger partial charge in [-0.1, -0.05) is 479 Å². The predicted octanol–water partition coefficient (Wildman–Crippen LogP) is 44.4. The molecule has 19 rings (SSSR count). The zero-order valence-corrected chi connectivity index (χ0v) is 90.3. The minimum Gasteiger partial charge on any atom is -0.456 e. The Morgan fingerprint density at radius 2 is 0.545 bits per heavy atom. The van der Waals surface area contributed by atoms with Crippen molar-refractivity contribution in [2.45, 2.75) is 437 Å². The first kappa shape index (κ1) is 102. The molecule has 3 nitrogen and oxygen atoms in total. The summed E-state index contributed by atoms with van der Waals surface area (Å²) in [6.07, 6.45) is 65.5. The fourth-order valence-corrected chi connectivity index (χ4v) is 28.6. The van der Waals surface area contributed by atoms with Gasteiger partial charge in [0.05, 0.1) is 0 Å². The maximum atomic E-state index is 7.62. The molecule has 0 aliphatic heterocycles. The van der Waals surface area contributed by atoms with Crippen molar-refractivity contribution in [2.75, 3.05) is 4.90 Å². The number of rotatable bonds is 57. The van der Waals surface area contributed by atoms with Gasteiger partial charge < -0.3 is 13.7 Å². The Balaban J connectivity index is 0.763. The summed E-state index contributed by atoms with van der Waals surface area (Å²) >= 11 is 0. The number of fused-ring (bicyclic) bond motifs is 23. The van der Waals surface area contributed by atoms with Crippen LogP contribution in [-0.4, -0.2) is 0 Å². The molecule has 12 aromatic carbocycles. The fraction of sp³-hybridized carbons (Fsp3) is 0.486. The van der Waals surface area contributed by atoms with Gasteiger partial charge in [0.15, 0.2) is 0 Å². The first-order valence-electron chi connectivity index (χ1n) is 59.1. The number of para-hydroxylation sites is 2. The summed E-state index contributed by atoms with van der Waals surface area (Å²) < 4.78 is 14.7. The van der Waals surface area contributed by atoms with Gasteiger partial charge in [-0.2, -0.15) is 0 Å². The van der Waals surface area contributed by atoms with Crippen molar-refractivity contribution in [3.05, 3.63) is 280 Å². The first-order valence-corrected chi connectivity index (χ1v) is 59.1. The third-order valence-electron chi connectivity index (χ3n) is 36.3. The lowest BCUT2D eigenvalue weighted by atomic mass is 9.68. The maximum Gasteiger partial charge on any atom is 0.143 e. The Bertz CT molecular complexity index is 6640. The van der Waals surface area contributed by atoms with Gasteiger partial charge in [0.25, 0.3) is 0 Å². The number of anilines is 3. The van der Waals surface area contributed by atoms with E-state index >= 15 is 0 Å². The highest BCUT2D eigenvalue weighted by molar-refractivity contribution is 6.20. The zero-order chi connectivity index (χ0) is 98.5. The van der Waals surface area contributed by atoms with Gasteiger partial charge in [-0.15, -0.1) is 0 Å². The first-order chi connectivity index (χ1) is 70.3. The fourth-order valence-electron chi connectivity index (χ4n) is 28.6. The maximum absolute atomic E-state index is 7.62. The Morgan fingerprint density at radius 1 is 0.210 bits per heavy atom. The molecule has 0 atom stereocenters. The van der Waals surface area contributed by atoms with Crippen LogP contribution in [0.4, 0.5) is 17.1 Å². The van der Waals surface area contributed by atoms with Gasteiger partial charge in [-0.05, 0) is 283 Å². The Kier molecular flexibility index (Phi) is 33.0. The number of furan rings is 2. The standard InChI is InChI=1S/C140H173NO2/c1-12-20-28-36-44-58-85-138(86-59-45-37-29-21-13-2)119-81-82-130-133(113-66-49-52-69-128(113)142-130)132(119)117-99-125-116(98-126(117)138)111-79-74-105(95-123(111)139(125,87-60-46-38-30-22-14-3)88-61-47-39-31-23-15-4)141(104-64-62-63-100(9)91-104)106-75-80-112-124(96-106)140(89-56-42-34-26-18-7,90-57-43-35-27-19-8)127-97-115(135-134(131(112)127)114-67-50-53-70-129(114)143-135)103-73-78-109-108-76-71-101(92-120(108)136(10,11)121(109)94-103)102-72-77-110-107-65-48-51-68-118(107)137(122(110)93-102,83-54-40-32-24-16-5)84-55-41-33-25-17-6/h48-53,62-82,91-99H,12-47,54-61,83-90H2,1-11H3. The van der Waals surface area contributed by atoms with Crippen molar-refractivity contribution >= 4 is 60.9 Å². The molecule has 2 aromatic heterocycles. The summed E-state index contributed by atoms with van der Waals surface area (Å²) in [4.78, 5) is 2.75. The SMILES string of the molecule is CCCCCCCCC1(CCCCCCCC)c2cc(N(c3cccc(C)c3)c3ccc4c(c3)C(CCCCCCC)(CCCCCCC)c3cc(-c5ccc6c(c5)C(C)(C)c5cc(-c7ccc8c(c7)C(CCCCCCC)(CCCCCCC)c7ccccc7-8)ccc5-6)c5oc6ccccc6c5c3-4)ccc2-c2cc3c(cc21)-c1c(ccc2oc4ccccc4c12)C3(CCCCCCCC)CCCCCCCC. The van der Waals surface area contributed by atoms with Gasteiger partial charge in [-0.25, -0.2) is 0 Å². The van der Waals surface area contributed by atoms with E-state index in [4.69, 9.17) is 8.83 Å². The molecule has 750 valence electrons. The van der Waals surface area contributed by atoms with Crippen LogP contribution in [-0.2, 0) is 27.1 Å². The van der Waals surface area contributed by atoms with Crippen molar-refractivity contribution in [3.63, 3.8) is 0 Å². The van der Waals surface area contributed by atoms with Crippen LogP contribution >= 0.6 is 0 Å². The second kappa shape index (κ2) is 46.4. The monoisotopic (exact) mass is 1900 g/mol. The number of benzene rings is 12. The molecular formula is C140H173NO2. The summed E-state index contributed by atoms with van der Waals surface area (Å²) in [5, 5.41) is 5.10. The highest BCUT2D eigenvalue weighted by atomic mass is 16.3. The Hall–Kier alpha value is -9.96. The third-order valence-corrected chi connectivity index (χ3v) is 36.3. The van der Waals surface area contributed by atoms with Gasteiger partial charge in [-0.3, -0.25) is 0 Å². The summed E-state index contributed by atoms with van der Waals surface area (Å²) in [6, 6.07) is 89.8. The topological polar surface area (TPSA) is 29.5 Å². The summed E-state index contributed by atoms with van der Waals surface area (Å²) in [5.41, 5.74) is 43.1. The molecule has 0 amide bonds. The van der Waals surface area contributed by atoms with Gasteiger partial charge >= 0.3 is 0 Å². The molecule has 0 unspecified atom stereocenters. The van der Waals surface area contributed by atoms with Crippen LogP contribution in [0.5, 0.6) is 0 Å². The predicted molar refractivity (Wildman–Crippen MR) is 619 cm³/mol. The normalized spacial score (nSPS) is 14.7. The van der Waals surface area contributed by atoms with E-state index < -0.39 is 0 Å². The lowest BCUT2D eigenvalue weighted by molar-refractivity contribution is 0.394. The van der Waals surface area contributed by atoms with Crippen LogP contribution < -0.4 is 4.90 Å². The van der Waals surface area contributed by atoms with E-state index in [-0.39, 0.29) is 27.1 Å². The molecule has 2 heterocycles. The van der Waals surface area contributed by atoms with Crippen LogP contribution in [0.3, 0.4) is 0 Å². The molecule has 0 saturated carbocycles. The van der Waals surface area contributed by atoms with Gasteiger partial charge in [0.1, 0.15) is 22.3 Å². The summed E-state index contributed by atoms with van der Waals surface area (Å²) in [5.74, 6) is 0. The van der Waals surface area contributed by atoms with Crippen molar-refractivity contribution in [1.82, 2.24) is 0 Å². The highest BCUT2D eigenvalue weighted by Crippen LogP contribution is 2.66. The second-order valence-corrected chi connectivity index (χ2v) is 46.2. The zero-order valence-electron chi connectivity index (χ0n) is 90.3. The highest BCUT2D eigenvalue weighted by Gasteiger charge is 2.52. The minimum atomic E-state index is -0.291. The largest absolute Gasteiger partial charge is 0.456 e. The van der Waals surface area contributed by atoms with Crippen molar-refractivity contribution < 1.29 is 8.83 Å². The van der Waals surface area contributed by atoms with Gasteiger partial charge in [0, 0.05) is 71.2 Å². The molecule has 0 radical (unpaired) electrons. The van der Waals surface area contributed by atoms with E-state index in [1.54, 1.807) is 33.4 Å². The third kappa shape index (κ3) is 19.9. The van der Waals surface area contributed by atoms with Gasteiger partial charge in [0.2, 0.25) is 0 Å². The number of aryl methyl sites for hydroxylation is 1. The quantitative estimate of drug-likeness (QED) is 0.0356. The van der Waals surface area contributed by atoms with E-state index in [0.717, 1.165) is 48.0 Å². The summed E-state index contributed by atoms with van der Waals surface area (Å²) in [6.45, 7) is 26.4. The molecule has 5 aliphatic carbocycles. The molecule has 0 spiro atoms. The molecule has 0 bridgehead atoms. The van der Waals surface area contributed by atoms with Crippen LogP contribution in [0.15, 0.2) is 227 Å². The molecule has 0 fully saturated rings. The van der Waals surface area contributed by atoms with E-state index in [2.05, 4.69) is 299 Å². The van der Waals surface area contributed by atoms with E-state index in [9.17, 15) is 0 Å². The molecule has 14 aromatic rings. The van der Waals surface area contributed by atoms with E-state index in [1.807, 2.05) is 0 Å². The van der Waals surface area contributed by atoms with Crippen LogP contribution in [0, 0.1) is 6.92 Å². The smallest absolute Gasteiger partial charge is 0.143 e. The number of unbranched alkanes of at least 4 members (excludes halogenated alkanes) is 36. The van der Waals surface area contributed by atoms with E-state index in [1.165, 1.54) is 453 Å². The Morgan fingerprint density at radius 3 is 1.05 bits per heavy atom. The van der Waals surface area contributed by atoms with Crippen LogP contribution in [0.2, 0.25) is 0 Å². The molecule has 0 saturated heterocycles. The van der Waals surface area contributed by atoms with Crippen molar-refractivity contribution in [1.29, 1.82) is 0 Å².